The molecule has 0 aliphatic carbocycles. The van der Waals surface area contributed by atoms with Crippen molar-refractivity contribution < 1.29 is 18.8 Å². The van der Waals surface area contributed by atoms with Crippen molar-refractivity contribution in [2.75, 3.05) is 38.5 Å². The second-order valence-corrected chi connectivity index (χ2v) is 7.65. The Morgan fingerprint density at radius 2 is 1.74 bits per heavy atom. The Balaban J connectivity index is 1.88. The number of hydrogen-bond acceptors (Lipinski definition) is 4. The topological polar surface area (TPSA) is 79.0 Å². The Hall–Kier alpha value is -3.51. The predicted octanol–water partition coefficient (Wildman–Crippen LogP) is 2.54. The molecule has 1 saturated heterocycles. The minimum Gasteiger partial charge on any atom is -0.344 e. The van der Waals surface area contributed by atoms with Crippen LogP contribution in [0.25, 0.3) is 4.85 Å². The van der Waals surface area contributed by atoms with Crippen molar-refractivity contribution in [2.24, 2.45) is 7.05 Å². The third kappa shape index (κ3) is 4.20. The smallest absolute Gasteiger partial charge is 0.296 e. The molecule has 0 spiro atoms. The van der Waals surface area contributed by atoms with E-state index in [2.05, 4.69) is 15.1 Å². The number of carbonyl (C=O) groups excluding carboxylic acids is 3. The van der Waals surface area contributed by atoms with Gasteiger partial charge in [0.05, 0.1) is 17.8 Å². The number of halogens is 1. The zero-order valence-electron chi connectivity index (χ0n) is 18.0. The lowest BCUT2D eigenvalue weighted by Crippen LogP contribution is -2.49. The van der Waals surface area contributed by atoms with Gasteiger partial charge in [-0.05, 0) is 44.7 Å². The Bertz CT molecular complexity index is 1110. The fourth-order valence-electron chi connectivity index (χ4n) is 3.76. The van der Waals surface area contributed by atoms with Crippen molar-refractivity contribution in [3.05, 3.63) is 57.9 Å². The number of rotatable bonds is 4. The number of carbonyl (C=O) groups is 3. The van der Waals surface area contributed by atoms with Crippen LogP contribution in [-0.4, -0.2) is 65.2 Å². The summed E-state index contributed by atoms with van der Waals surface area (Å²) < 4.78 is 15.1. The molecule has 1 aliphatic heterocycles. The van der Waals surface area contributed by atoms with Crippen LogP contribution in [0.1, 0.15) is 32.1 Å². The van der Waals surface area contributed by atoms with E-state index in [9.17, 15) is 18.8 Å². The zero-order chi connectivity index (χ0) is 22.9. The molecule has 162 valence electrons. The number of benzene rings is 1. The molecule has 9 heteroatoms. The summed E-state index contributed by atoms with van der Waals surface area (Å²) in [5.74, 6) is -2.40. The molecule has 2 aromatic rings. The second-order valence-electron chi connectivity index (χ2n) is 7.65. The van der Waals surface area contributed by atoms with Crippen molar-refractivity contribution >= 4 is 29.0 Å². The van der Waals surface area contributed by atoms with Crippen LogP contribution in [0.4, 0.5) is 15.8 Å². The maximum Gasteiger partial charge on any atom is 0.296 e. The average Bonchev–Trinajstić information content (AvgIpc) is 2.97. The molecule has 0 unspecified atom stereocenters. The summed E-state index contributed by atoms with van der Waals surface area (Å²) in [6.45, 7) is 12.7. The average molecular weight is 425 g/mol. The largest absolute Gasteiger partial charge is 0.344 e. The van der Waals surface area contributed by atoms with Gasteiger partial charge in [-0.25, -0.2) is 9.24 Å². The molecule has 2 amide bonds. The van der Waals surface area contributed by atoms with E-state index >= 15 is 0 Å². The van der Waals surface area contributed by atoms with Gasteiger partial charge in [-0.1, -0.05) is 0 Å². The van der Waals surface area contributed by atoms with Gasteiger partial charge in [0.2, 0.25) is 5.69 Å². The molecule has 0 atom stereocenters. The zero-order valence-corrected chi connectivity index (χ0v) is 18.0. The van der Waals surface area contributed by atoms with Crippen LogP contribution in [0.5, 0.6) is 0 Å². The molecule has 3 rings (SSSR count). The van der Waals surface area contributed by atoms with Crippen LogP contribution in [-0.2, 0) is 11.8 Å². The standard InChI is InChI=1S/C22H24FN5O3/c1-13-18(21(30)25-15-6-7-16(23)17(12-15)24-3)14(2)27(5)19(13)20(29)22(31)28-10-8-26(4)9-11-28/h6-7,12H,8-11H2,1-2,4-5H3,(H,25,30). The first-order chi connectivity index (χ1) is 14.6. The van der Waals surface area contributed by atoms with Gasteiger partial charge in [-0.3, -0.25) is 14.4 Å². The van der Waals surface area contributed by atoms with E-state index < -0.39 is 23.4 Å². The highest BCUT2D eigenvalue weighted by Gasteiger charge is 2.32. The third-order valence-electron chi connectivity index (χ3n) is 5.68. The molecule has 2 heterocycles. The minimum absolute atomic E-state index is 0.174. The van der Waals surface area contributed by atoms with E-state index in [4.69, 9.17) is 6.57 Å². The molecule has 1 aliphatic rings. The Morgan fingerprint density at radius 1 is 1.10 bits per heavy atom. The van der Waals surface area contributed by atoms with Crippen molar-refractivity contribution in [2.45, 2.75) is 13.8 Å². The first-order valence-corrected chi connectivity index (χ1v) is 9.82. The molecule has 1 fully saturated rings. The van der Waals surface area contributed by atoms with Crippen molar-refractivity contribution in [3.8, 4) is 0 Å². The Labute approximate surface area is 180 Å². The maximum atomic E-state index is 13.5. The minimum atomic E-state index is -0.671. The lowest BCUT2D eigenvalue weighted by molar-refractivity contribution is -0.128. The summed E-state index contributed by atoms with van der Waals surface area (Å²) in [6, 6.07) is 3.71. The Kier molecular flexibility index (Phi) is 6.22. The van der Waals surface area contributed by atoms with Gasteiger partial charge < -0.3 is 19.7 Å². The molecule has 1 N–H and O–H groups in total. The fraction of sp³-hybridized carbons (Fsp3) is 0.364. The van der Waals surface area contributed by atoms with Crippen LogP contribution in [0, 0.1) is 26.2 Å². The van der Waals surface area contributed by atoms with Crippen LogP contribution >= 0.6 is 0 Å². The number of anilines is 1. The number of piperazine rings is 1. The number of Topliss-reactive ketones (excluding diaryl/α,β-unsaturated/α-hetero) is 1. The molecular weight excluding hydrogens is 401 g/mol. The van der Waals surface area contributed by atoms with Crippen LogP contribution in [0.15, 0.2) is 18.2 Å². The number of likely N-dealkylation sites (N-methyl/N-ethyl adjacent to an activating group) is 1. The number of aromatic nitrogens is 1. The van der Waals surface area contributed by atoms with E-state index in [0.717, 1.165) is 6.07 Å². The van der Waals surface area contributed by atoms with Gasteiger partial charge in [-0.2, -0.15) is 0 Å². The van der Waals surface area contributed by atoms with Crippen molar-refractivity contribution in [3.63, 3.8) is 0 Å². The first-order valence-electron chi connectivity index (χ1n) is 9.82. The summed E-state index contributed by atoms with van der Waals surface area (Å²) in [7, 11) is 3.60. The lowest BCUT2D eigenvalue weighted by Gasteiger charge is -2.31. The molecule has 8 nitrogen and oxygen atoms in total. The van der Waals surface area contributed by atoms with E-state index in [1.807, 2.05) is 7.05 Å². The SMILES string of the molecule is [C-]#[N+]c1cc(NC(=O)c2c(C)c(C(=O)C(=O)N3CCN(C)CC3)n(C)c2C)ccc1F. The van der Waals surface area contributed by atoms with Crippen molar-refractivity contribution in [1.82, 2.24) is 14.4 Å². The van der Waals surface area contributed by atoms with Crippen LogP contribution in [0.2, 0.25) is 0 Å². The first kappa shape index (κ1) is 22.2. The van der Waals surface area contributed by atoms with Crippen LogP contribution in [0.3, 0.4) is 0 Å². The van der Waals surface area contributed by atoms with Gasteiger partial charge in [-0.15, -0.1) is 0 Å². The third-order valence-corrected chi connectivity index (χ3v) is 5.68. The molecule has 1 aromatic carbocycles. The molecule has 1 aromatic heterocycles. The number of hydrogen-bond donors (Lipinski definition) is 1. The van der Waals surface area contributed by atoms with E-state index in [1.165, 1.54) is 17.0 Å². The molecular formula is C22H24FN5O3. The lowest BCUT2D eigenvalue weighted by atomic mass is 10.1. The summed E-state index contributed by atoms with van der Waals surface area (Å²) >= 11 is 0. The number of nitrogens with one attached hydrogen (secondary N) is 1. The monoisotopic (exact) mass is 425 g/mol. The summed E-state index contributed by atoms with van der Waals surface area (Å²) in [5, 5.41) is 2.64. The molecule has 0 bridgehead atoms. The molecule has 0 saturated carbocycles. The van der Waals surface area contributed by atoms with Gasteiger partial charge >= 0.3 is 0 Å². The quantitative estimate of drug-likeness (QED) is 0.464. The van der Waals surface area contributed by atoms with E-state index in [1.54, 1.807) is 25.5 Å². The van der Waals surface area contributed by atoms with Gasteiger partial charge in [0.15, 0.2) is 0 Å². The van der Waals surface area contributed by atoms with Crippen LogP contribution < -0.4 is 5.32 Å². The van der Waals surface area contributed by atoms with E-state index in [0.29, 0.717) is 37.4 Å². The predicted molar refractivity (Wildman–Crippen MR) is 114 cm³/mol. The van der Waals surface area contributed by atoms with Gasteiger partial charge in [0.1, 0.15) is 5.82 Å². The maximum absolute atomic E-state index is 13.5. The highest BCUT2D eigenvalue weighted by atomic mass is 19.1. The number of amides is 2. The Morgan fingerprint density at radius 3 is 2.35 bits per heavy atom. The summed E-state index contributed by atoms with van der Waals surface area (Å²) in [4.78, 5) is 45.4. The highest BCUT2D eigenvalue weighted by Crippen LogP contribution is 2.26. The molecule has 31 heavy (non-hydrogen) atoms. The van der Waals surface area contributed by atoms with Gasteiger partial charge in [0.25, 0.3) is 17.6 Å². The van der Waals surface area contributed by atoms with Crippen molar-refractivity contribution in [1.29, 1.82) is 0 Å². The normalized spacial score (nSPS) is 14.3. The molecule has 0 radical (unpaired) electrons. The van der Waals surface area contributed by atoms with Gasteiger partial charge in [0, 0.05) is 44.6 Å². The number of nitrogens with zero attached hydrogens (tertiary/aromatic N) is 4. The summed E-state index contributed by atoms with van der Waals surface area (Å²) in [5.41, 5.74) is 1.43. The second kappa shape index (κ2) is 8.70. The number of ketones is 1. The summed E-state index contributed by atoms with van der Waals surface area (Å²) in [6.07, 6.45) is 0. The van der Waals surface area contributed by atoms with E-state index in [-0.39, 0.29) is 22.6 Å². The fourth-order valence-corrected chi connectivity index (χ4v) is 3.76. The highest BCUT2D eigenvalue weighted by molar-refractivity contribution is 6.43.